The summed E-state index contributed by atoms with van der Waals surface area (Å²) >= 11 is 3.37. The second-order valence-electron chi connectivity index (χ2n) is 3.48. The van der Waals surface area contributed by atoms with Gasteiger partial charge in [-0.1, -0.05) is 46.3 Å². The normalized spacial score (nSPS) is 12.4. The zero-order chi connectivity index (χ0) is 11.5. The van der Waals surface area contributed by atoms with Crippen molar-refractivity contribution in [3.05, 3.63) is 69.9 Å². The number of hydrogen-bond donors (Lipinski definition) is 1. The van der Waals surface area contributed by atoms with Crippen LogP contribution in [-0.2, 0) is 0 Å². The molecule has 1 unspecified atom stereocenters. The van der Waals surface area contributed by atoms with Crippen LogP contribution in [0.2, 0.25) is 0 Å². The zero-order valence-corrected chi connectivity index (χ0v) is 9.99. The Morgan fingerprint density at radius 1 is 1.00 bits per heavy atom. The predicted molar refractivity (Wildman–Crippen MR) is 64.6 cm³/mol. The maximum atomic E-state index is 12.7. The van der Waals surface area contributed by atoms with Crippen LogP contribution in [0, 0.1) is 5.82 Å². The van der Waals surface area contributed by atoms with Crippen LogP contribution < -0.4 is 0 Å². The largest absolute Gasteiger partial charge is 0.384 e. The standard InChI is InChI=1S/C13H10BrFO/c14-12-4-2-1-3-11(12)13(16)9-5-7-10(15)8-6-9/h1-8,13,16H. The van der Waals surface area contributed by atoms with Crippen LogP contribution in [0.1, 0.15) is 17.2 Å². The van der Waals surface area contributed by atoms with E-state index in [1.807, 2.05) is 24.3 Å². The summed E-state index contributed by atoms with van der Waals surface area (Å²) in [5.41, 5.74) is 1.45. The van der Waals surface area contributed by atoms with Gasteiger partial charge in [0.1, 0.15) is 11.9 Å². The fourth-order valence-electron chi connectivity index (χ4n) is 1.52. The second-order valence-corrected chi connectivity index (χ2v) is 4.33. The molecule has 0 aliphatic carbocycles. The van der Waals surface area contributed by atoms with Gasteiger partial charge in [-0.2, -0.15) is 0 Å². The molecule has 0 aliphatic rings. The molecule has 0 amide bonds. The first kappa shape index (κ1) is 11.3. The van der Waals surface area contributed by atoms with E-state index >= 15 is 0 Å². The molecule has 0 radical (unpaired) electrons. The van der Waals surface area contributed by atoms with Crippen molar-refractivity contribution in [3.63, 3.8) is 0 Å². The molecule has 0 aromatic heterocycles. The fourth-order valence-corrected chi connectivity index (χ4v) is 2.02. The van der Waals surface area contributed by atoms with Crippen LogP contribution in [-0.4, -0.2) is 5.11 Å². The SMILES string of the molecule is OC(c1ccc(F)cc1)c1ccccc1Br. The predicted octanol–water partition coefficient (Wildman–Crippen LogP) is 3.67. The lowest BCUT2D eigenvalue weighted by molar-refractivity contribution is 0.219. The van der Waals surface area contributed by atoms with Crippen LogP contribution in [0.15, 0.2) is 53.0 Å². The van der Waals surface area contributed by atoms with Crippen molar-refractivity contribution in [2.24, 2.45) is 0 Å². The molecular formula is C13H10BrFO. The first-order valence-corrected chi connectivity index (χ1v) is 5.66. The molecule has 1 N–H and O–H groups in total. The third-order valence-electron chi connectivity index (χ3n) is 2.39. The van der Waals surface area contributed by atoms with Crippen LogP contribution >= 0.6 is 15.9 Å². The van der Waals surface area contributed by atoms with Crippen molar-refractivity contribution in [2.75, 3.05) is 0 Å². The van der Waals surface area contributed by atoms with Gasteiger partial charge in [0.2, 0.25) is 0 Å². The zero-order valence-electron chi connectivity index (χ0n) is 8.40. The summed E-state index contributed by atoms with van der Waals surface area (Å²) in [6, 6.07) is 13.3. The minimum atomic E-state index is -0.740. The molecule has 2 rings (SSSR count). The summed E-state index contributed by atoms with van der Waals surface area (Å²) in [6.07, 6.45) is -0.740. The monoisotopic (exact) mass is 280 g/mol. The number of aliphatic hydroxyl groups excluding tert-OH is 1. The molecule has 0 saturated carbocycles. The molecule has 0 aliphatic heterocycles. The van der Waals surface area contributed by atoms with Gasteiger partial charge in [-0.15, -0.1) is 0 Å². The van der Waals surface area contributed by atoms with Crippen molar-refractivity contribution < 1.29 is 9.50 Å². The minimum absolute atomic E-state index is 0.303. The van der Waals surface area contributed by atoms with Crippen molar-refractivity contribution in [1.82, 2.24) is 0 Å². The van der Waals surface area contributed by atoms with Crippen molar-refractivity contribution in [1.29, 1.82) is 0 Å². The van der Waals surface area contributed by atoms with E-state index in [0.717, 1.165) is 10.0 Å². The van der Waals surface area contributed by atoms with Crippen molar-refractivity contribution >= 4 is 15.9 Å². The maximum absolute atomic E-state index is 12.7. The Morgan fingerprint density at radius 3 is 2.25 bits per heavy atom. The second kappa shape index (κ2) is 4.76. The van der Waals surface area contributed by atoms with Crippen LogP contribution in [0.5, 0.6) is 0 Å². The summed E-state index contributed by atoms with van der Waals surface area (Å²) in [6.45, 7) is 0. The molecule has 3 heteroatoms. The van der Waals surface area contributed by atoms with Gasteiger partial charge in [0.25, 0.3) is 0 Å². The van der Waals surface area contributed by atoms with E-state index in [0.29, 0.717) is 5.56 Å². The topological polar surface area (TPSA) is 20.2 Å². The molecule has 2 aromatic rings. The Hall–Kier alpha value is -1.19. The van der Waals surface area contributed by atoms with Gasteiger partial charge in [-0.3, -0.25) is 0 Å². The summed E-state index contributed by atoms with van der Waals surface area (Å²) in [5, 5.41) is 10.1. The molecule has 82 valence electrons. The van der Waals surface area contributed by atoms with Gasteiger partial charge in [-0.25, -0.2) is 4.39 Å². The Balaban J connectivity index is 2.35. The van der Waals surface area contributed by atoms with Gasteiger partial charge in [0.15, 0.2) is 0 Å². The Labute approximate surface area is 102 Å². The number of benzene rings is 2. The van der Waals surface area contributed by atoms with Gasteiger partial charge in [-0.05, 0) is 29.3 Å². The summed E-state index contributed by atoms with van der Waals surface area (Å²) in [5.74, 6) is -0.303. The summed E-state index contributed by atoms with van der Waals surface area (Å²) in [7, 11) is 0. The molecule has 2 aromatic carbocycles. The van der Waals surface area contributed by atoms with Crippen LogP contribution in [0.4, 0.5) is 4.39 Å². The molecule has 0 saturated heterocycles. The number of halogens is 2. The average Bonchev–Trinajstić information content (AvgIpc) is 2.30. The van der Waals surface area contributed by atoms with Gasteiger partial charge < -0.3 is 5.11 Å². The third-order valence-corrected chi connectivity index (χ3v) is 3.11. The third kappa shape index (κ3) is 2.31. The first-order chi connectivity index (χ1) is 7.68. The maximum Gasteiger partial charge on any atom is 0.123 e. The number of rotatable bonds is 2. The first-order valence-electron chi connectivity index (χ1n) is 4.86. The molecular weight excluding hydrogens is 271 g/mol. The van der Waals surface area contributed by atoms with E-state index in [9.17, 15) is 9.50 Å². The number of hydrogen-bond acceptors (Lipinski definition) is 1. The van der Waals surface area contributed by atoms with E-state index in [1.54, 1.807) is 12.1 Å². The van der Waals surface area contributed by atoms with Gasteiger partial charge >= 0.3 is 0 Å². The van der Waals surface area contributed by atoms with E-state index < -0.39 is 6.10 Å². The molecule has 0 spiro atoms. The Morgan fingerprint density at radius 2 is 1.62 bits per heavy atom. The molecule has 1 atom stereocenters. The van der Waals surface area contributed by atoms with E-state index in [2.05, 4.69) is 15.9 Å². The highest BCUT2D eigenvalue weighted by Gasteiger charge is 2.12. The highest BCUT2D eigenvalue weighted by atomic mass is 79.9. The Bertz CT molecular complexity index is 482. The average molecular weight is 281 g/mol. The molecule has 1 nitrogen and oxygen atoms in total. The summed E-state index contributed by atoms with van der Waals surface area (Å²) < 4.78 is 13.6. The quantitative estimate of drug-likeness (QED) is 0.890. The van der Waals surface area contributed by atoms with Crippen molar-refractivity contribution in [3.8, 4) is 0 Å². The van der Waals surface area contributed by atoms with Crippen molar-refractivity contribution in [2.45, 2.75) is 6.10 Å². The van der Waals surface area contributed by atoms with E-state index in [1.165, 1.54) is 12.1 Å². The lowest BCUT2D eigenvalue weighted by Gasteiger charge is -2.12. The molecule has 16 heavy (non-hydrogen) atoms. The van der Waals surface area contributed by atoms with Crippen LogP contribution in [0.3, 0.4) is 0 Å². The lowest BCUT2D eigenvalue weighted by atomic mass is 10.0. The molecule has 0 heterocycles. The van der Waals surface area contributed by atoms with Crippen LogP contribution in [0.25, 0.3) is 0 Å². The fraction of sp³-hybridized carbons (Fsp3) is 0.0769. The summed E-state index contributed by atoms with van der Waals surface area (Å²) in [4.78, 5) is 0. The van der Waals surface area contributed by atoms with E-state index in [4.69, 9.17) is 0 Å². The number of aliphatic hydroxyl groups is 1. The van der Waals surface area contributed by atoms with Gasteiger partial charge in [0, 0.05) is 4.47 Å². The molecule has 0 fully saturated rings. The highest BCUT2D eigenvalue weighted by Crippen LogP contribution is 2.28. The van der Waals surface area contributed by atoms with Gasteiger partial charge in [0.05, 0.1) is 0 Å². The van der Waals surface area contributed by atoms with E-state index in [-0.39, 0.29) is 5.82 Å². The molecule has 0 bridgehead atoms. The smallest absolute Gasteiger partial charge is 0.123 e. The lowest BCUT2D eigenvalue weighted by Crippen LogP contribution is -2.00. The Kier molecular flexibility index (Phi) is 3.36. The minimum Gasteiger partial charge on any atom is -0.384 e. The highest BCUT2D eigenvalue weighted by molar-refractivity contribution is 9.10.